The molecule has 0 aliphatic carbocycles. The number of urea groups is 1. The molecule has 9 heteroatoms. The Morgan fingerprint density at radius 3 is 2.26 bits per heavy atom. The number of amides is 2. The van der Waals surface area contributed by atoms with Gasteiger partial charge in [-0.05, 0) is 57.4 Å². The molecule has 0 atom stereocenters. The van der Waals surface area contributed by atoms with Crippen molar-refractivity contribution in [2.24, 2.45) is 0 Å². The number of hydrogen-bond acceptors (Lipinski definition) is 5. The molecule has 9 nitrogen and oxygen atoms in total. The maximum atomic E-state index is 13.0. The van der Waals surface area contributed by atoms with Gasteiger partial charge in [0, 0.05) is 37.9 Å². The molecule has 0 spiro atoms. The van der Waals surface area contributed by atoms with Crippen molar-refractivity contribution in [1.82, 2.24) is 9.13 Å². The van der Waals surface area contributed by atoms with Gasteiger partial charge in [0.05, 0.1) is 22.4 Å². The molecule has 1 saturated heterocycles. The summed E-state index contributed by atoms with van der Waals surface area (Å²) >= 11 is 0. The molecular formula is C25H31N5O4. The Morgan fingerprint density at radius 2 is 1.56 bits per heavy atom. The molecule has 180 valence electrons. The number of aromatic nitrogens is 2. The van der Waals surface area contributed by atoms with Crippen LogP contribution in [0.2, 0.25) is 0 Å². The first-order valence-corrected chi connectivity index (χ1v) is 12.1. The van der Waals surface area contributed by atoms with Gasteiger partial charge in [-0.15, -0.1) is 0 Å². The normalized spacial score (nSPS) is 15.4. The van der Waals surface area contributed by atoms with Crippen LogP contribution >= 0.6 is 0 Å². The third kappa shape index (κ3) is 4.06. The van der Waals surface area contributed by atoms with E-state index in [0.29, 0.717) is 49.2 Å². The summed E-state index contributed by atoms with van der Waals surface area (Å²) in [7, 11) is 0. The van der Waals surface area contributed by atoms with Gasteiger partial charge in [-0.1, -0.05) is 0 Å². The van der Waals surface area contributed by atoms with Crippen LogP contribution in [0.15, 0.2) is 35.1 Å². The summed E-state index contributed by atoms with van der Waals surface area (Å²) in [5.74, 6) is 1.29. The fourth-order valence-electron chi connectivity index (χ4n) is 4.86. The molecule has 0 unspecified atom stereocenters. The average molecular weight is 466 g/mol. The maximum absolute atomic E-state index is 13.0. The number of piperidine rings is 1. The second kappa shape index (κ2) is 9.32. The minimum atomic E-state index is -0.352. The lowest BCUT2D eigenvalue weighted by Crippen LogP contribution is -2.31. The first-order valence-electron chi connectivity index (χ1n) is 12.1. The number of nitrogens with one attached hydrogen (secondary N) is 2. The predicted octanol–water partition coefficient (Wildman–Crippen LogP) is 4.25. The molecule has 1 fully saturated rings. The first-order chi connectivity index (χ1) is 16.6. The molecule has 1 aromatic heterocycles. The van der Waals surface area contributed by atoms with Gasteiger partial charge in [0.1, 0.15) is 13.2 Å². The summed E-state index contributed by atoms with van der Waals surface area (Å²) in [5, 5.41) is 5.94. The van der Waals surface area contributed by atoms with Crippen molar-refractivity contribution < 1.29 is 14.3 Å². The van der Waals surface area contributed by atoms with Crippen LogP contribution in [0.1, 0.15) is 33.1 Å². The number of aryl methyl sites for hydroxylation is 2. The average Bonchev–Trinajstić information content (AvgIpc) is 3.13. The van der Waals surface area contributed by atoms with E-state index >= 15 is 0 Å². The second-order valence-electron chi connectivity index (χ2n) is 8.61. The standard InChI is InChI=1S/C25H31N5O4/c1-3-29-20-15-18(27-24(31)26-17-8-9-22-23(14-17)34-13-12-33-22)19(28-10-6-5-7-11-28)16-21(20)30(4-2)25(29)32/h8-9,14-16H,3-7,10-13H2,1-2H3,(H2,26,27,31). The zero-order chi connectivity index (χ0) is 23.7. The number of fused-ring (bicyclic) bond motifs is 2. The smallest absolute Gasteiger partial charge is 0.329 e. The van der Waals surface area contributed by atoms with Crippen LogP contribution in [0.25, 0.3) is 11.0 Å². The van der Waals surface area contributed by atoms with E-state index in [4.69, 9.17) is 9.47 Å². The Morgan fingerprint density at radius 1 is 0.882 bits per heavy atom. The van der Waals surface area contributed by atoms with E-state index in [1.165, 1.54) is 6.42 Å². The van der Waals surface area contributed by atoms with Crippen molar-refractivity contribution in [2.45, 2.75) is 46.2 Å². The van der Waals surface area contributed by atoms with Crippen LogP contribution < -0.4 is 30.7 Å². The molecule has 2 N–H and O–H groups in total. The summed E-state index contributed by atoms with van der Waals surface area (Å²) < 4.78 is 14.7. The van der Waals surface area contributed by atoms with E-state index in [1.54, 1.807) is 27.3 Å². The van der Waals surface area contributed by atoms with Gasteiger partial charge in [-0.3, -0.25) is 9.13 Å². The molecule has 2 aliphatic heterocycles. The Kier molecular flexibility index (Phi) is 6.08. The highest BCUT2D eigenvalue weighted by Crippen LogP contribution is 2.35. The zero-order valence-corrected chi connectivity index (χ0v) is 19.7. The Labute approximate surface area is 198 Å². The van der Waals surface area contributed by atoms with Crippen LogP contribution in [0.5, 0.6) is 11.5 Å². The molecule has 2 aliphatic rings. The summed E-state index contributed by atoms with van der Waals surface area (Å²) in [4.78, 5) is 28.2. The molecule has 0 bridgehead atoms. The van der Waals surface area contributed by atoms with E-state index in [2.05, 4.69) is 21.6 Å². The molecule has 0 saturated carbocycles. The molecular weight excluding hydrogens is 434 g/mol. The van der Waals surface area contributed by atoms with E-state index in [1.807, 2.05) is 19.9 Å². The van der Waals surface area contributed by atoms with Gasteiger partial charge >= 0.3 is 11.7 Å². The molecule has 2 amide bonds. The lowest BCUT2D eigenvalue weighted by atomic mass is 10.1. The summed E-state index contributed by atoms with van der Waals surface area (Å²) in [5.41, 5.74) is 3.95. The second-order valence-corrected chi connectivity index (χ2v) is 8.61. The topological polar surface area (TPSA) is 89.8 Å². The highest BCUT2D eigenvalue weighted by atomic mass is 16.6. The van der Waals surface area contributed by atoms with Crippen molar-refractivity contribution in [3.05, 3.63) is 40.8 Å². The highest BCUT2D eigenvalue weighted by molar-refractivity contribution is 6.04. The fraction of sp³-hybridized carbons (Fsp3) is 0.440. The number of ether oxygens (including phenoxy) is 2. The van der Waals surface area contributed by atoms with Crippen molar-refractivity contribution in [3.63, 3.8) is 0 Å². The number of anilines is 3. The third-order valence-corrected chi connectivity index (χ3v) is 6.51. The lowest BCUT2D eigenvalue weighted by molar-refractivity contribution is 0.171. The molecule has 3 aromatic rings. The summed E-state index contributed by atoms with van der Waals surface area (Å²) in [6.07, 6.45) is 3.42. The van der Waals surface area contributed by atoms with Crippen molar-refractivity contribution in [3.8, 4) is 11.5 Å². The molecule has 34 heavy (non-hydrogen) atoms. The van der Waals surface area contributed by atoms with Crippen LogP contribution in [0.4, 0.5) is 21.9 Å². The Bertz CT molecular complexity index is 1270. The summed E-state index contributed by atoms with van der Waals surface area (Å²) in [6.45, 7) is 7.95. The van der Waals surface area contributed by atoms with Gasteiger partial charge in [0.25, 0.3) is 0 Å². The van der Waals surface area contributed by atoms with Gasteiger partial charge in [0.2, 0.25) is 0 Å². The predicted molar refractivity (Wildman–Crippen MR) is 134 cm³/mol. The van der Waals surface area contributed by atoms with E-state index < -0.39 is 0 Å². The minimum absolute atomic E-state index is 0.0255. The van der Waals surface area contributed by atoms with Gasteiger partial charge in [-0.2, -0.15) is 0 Å². The van der Waals surface area contributed by atoms with Crippen molar-refractivity contribution in [1.29, 1.82) is 0 Å². The number of hydrogen-bond donors (Lipinski definition) is 2. The van der Waals surface area contributed by atoms with Crippen molar-refractivity contribution >= 4 is 34.1 Å². The van der Waals surface area contributed by atoms with Gasteiger partial charge in [0.15, 0.2) is 11.5 Å². The van der Waals surface area contributed by atoms with Crippen LogP contribution in [0, 0.1) is 0 Å². The number of carbonyl (C=O) groups excluding carboxylic acids is 1. The van der Waals surface area contributed by atoms with Crippen LogP contribution in [0.3, 0.4) is 0 Å². The van der Waals surface area contributed by atoms with E-state index in [-0.39, 0.29) is 11.7 Å². The number of rotatable bonds is 5. The SMILES string of the molecule is CCn1c(=O)n(CC)c2cc(N3CCCCC3)c(NC(=O)Nc3ccc4c(c3)OCCO4)cc21. The molecule has 3 heterocycles. The molecule has 0 radical (unpaired) electrons. The molecule has 2 aromatic carbocycles. The van der Waals surface area contributed by atoms with E-state index in [9.17, 15) is 9.59 Å². The van der Waals surface area contributed by atoms with Crippen LogP contribution in [-0.4, -0.2) is 41.5 Å². The monoisotopic (exact) mass is 465 g/mol. The highest BCUT2D eigenvalue weighted by Gasteiger charge is 2.21. The van der Waals surface area contributed by atoms with Gasteiger partial charge < -0.3 is 25.0 Å². The fourth-order valence-corrected chi connectivity index (χ4v) is 4.86. The number of imidazole rings is 1. The Balaban J connectivity index is 1.49. The molecule has 5 rings (SSSR count). The quantitative estimate of drug-likeness (QED) is 0.588. The number of carbonyl (C=O) groups is 1. The van der Waals surface area contributed by atoms with E-state index in [0.717, 1.165) is 42.7 Å². The van der Waals surface area contributed by atoms with Crippen molar-refractivity contribution in [2.75, 3.05) is 41.8 Å². The minimum Gasteiger partial charge on any atom is -0.486 e. The first kappa shape index (κ1) is 22.2. The maximum Gasteiger partial charge on any atom is 0.329 e. The Hall–Kier alpha value is -3.62. The largest absolute Gasteiger partial charge is 0.486 e. The zero-order valence-electron chi connectivity index (χ0n) is 19.7. The lowest BCUT2D eigenvalue weighted by Gasteiger charge is -2.31. The third-order valence-electron chi connectivity index (χ3n) is 6.51. The number of benzene rings is 2. The summed E-state index contributed by atoms with van der Waals surface area (Å²) in [6, 6.07) is 8.98. The van der Waals surface area contributed by atoms with Gasteiger partial charge in [-0.25, -0.2) is 9.59 Å². The number of nitrogens with zero attached hydrogens (tertiary/aromatic N) is 3. The van der Waals surface area contributed by atoms with Crippen LogP contribution in [-0.2, 0) is 13.1 Å².